The van der Waals surface area contributed by atoms with E-state index in [9.17, 15) is 4.79 Å². The fourth-order valence-corrected chi connectivity index (χ4v) is 2.36. The molecule has 1 rings (SSSR count). The van der Waals surface area contributed by atoms with Gasteiger partial charge in [0, 0.05) is 5.54 Å². The molecule has 0 amide bonds. The van der Waals surface area contributed by atoms with Gasteiger partial charge >= 0.3 is 5.97 Å². The quantitative estimate of drug-likeness (QED) is 0.689. The lowest BCUT2D eigenvalue weighted by molar-refractivity contribution is -0.143. The Hall–Kier alpha value is -0.570. The molecule has 0 radical (unpaired) electrons. The Balaban J connectivity index is 2.64. The number of carbonyl (C=O) groups excluding carboxylic acids is 1. The monoisotopic (exact) mass is 199 g/mol. The third kappa shape index (κ3) is 2.47. The number of ether oxygens (including phenoxy) is 1. The van der Waals surface area contributed by atoms with Crippen molar-refractivity contribution in [1.82, 2.24) is 0 Å². The largest absolute Gasteiger partial charge is 0.469 e. The van der Waals surface area contributed by atoms with Crippen LogP contribution in [0.3, 0.4) is 0 Å². The van der Waals surface area contributed by atoms with Crippen LogP contribution < -0.4 is 5.73 Å². The fourth-order valence-electron chi connectivity index (χ4n) is 2.36. The summed E-state index contributed by atoms with van der Waals surface area (Å²) in [6, 6.07) is 0. The molecule has 3 atom stereocenters. The highest BCUT2D eigenvalue weighted by atomic mass is 16.5. The highest BCUT2D eigenvalue weighted by Gasteiger charge is 2.39. The lowest BCUT2D eigenvalue weighted by atomic mass is 9.69. The molecule has 14 heavy (non-hydrogen) atoms. The lowest BCUT2D eigenvalue weighted by Crippen LogP contribution is -2.51. The summed E-state index contributed by atoms with van der Waals surface area (Å²) >= 11 is 0. The third-order valence-corrected chi connectivity index (χ3v) is 3.50. The van der Waals surface area contributed by atoms with Gasteiger partial charge in [0.15, 0.2) is 0 Å². The molecule has 2 N–H and O–H groups in total. The van der Waals surface area contributed by atoms with Gasteiger partial charge in [0.25, 0.3) is 0 Å². The van der Waals surface area contributed by atoms with Gasteiger partial charge in [0.05, 0.1) is 13.5 Å². The van der Waals surface area contributed by atoms with Gasteiger partial charge in [0.2, 0.25) is 0 Å². The zero-order valence-corrected chi connectivity index (χ0v) is 9.38. The molecule has 0 saturated heterocycles. The second-order valence-electron chi connectivity index (χ2n) is 4.77. The van der Waals surface area contributed by atoms with E-state index in [1.807, 2.05) is 0 Å². The molecule has 3 unspecified atom stereocenters. The molecule has 3 heteroatoms. The second kappa shape index (κ2) is 4.30. The summed E-state index contributed by atoms with van der Waals surface area (Å²) in [5.41, 5.74) is 5.93. The standard InChI is InChI=1S/C11H21NO2/c1-8-4-5-9(2)11(12,6-8)7-10(13)14-3/h8-9H,4-7,12H2,1-3H3. The number of carbonyl (C=O) groups is 1. The normalized spacial score (nSPS) is 38.0. The predicted octanol–water partition coefficient (Wildman–Crippen LogP) is 1.70. The van der Waals surface area contributed by atoms with Crippen LogP contribution in [0.4, 0.5) is 0 Å². The molecule has 0 bridgehead atoms. The number of methoxy groups -OCH3 is 1. The third-order valence-electron chi connectivity index (χ3n) is 3.50. The van der Waals surface area contributed by atoms with E-state index in [0.717, 1.165) is 12.8 Å². The fraction of sp³-hybridized carbons (Fsp3) is 0.909. The van der Waals surface area contributed by atoms with Gasteiger partial charge in [-0.05, 0) is 24.7 Å². The van der Waals surface area contributed by atoms with Gasteiger partial charge in [-0.2, -0.15) is 0 Å². The van der Waals surface area contributed by atoms with Crippen LogP contribution in [0, 0.1) is 11.8 Å². The topological polar surface area (TPSA) is 52.3 Å². The average molecular weight is 199 g/mol. The molecule has 1 aliphatic rings. The molecule has 82 valence electrons. The number of esters is 1. The van der Waals surface area contributed by atoms with Crippen LogP contribution in [-0.4, -0.2) is 18.6 Å². The molecule has 1 fully saturated rings. The number of nitrogens with two attached hydrogens (primary N) is 1. The second-order valence-corrected chi connectivity index (χ2v) is 4.77. The first-order valence-corrected chi connectivity index (χ1v) is 5.33. The molecule has 3 nitrogen and oxygen atoms in total. The average Bonchev–Trinajstić information content (AvgIpc) is 2.11. The molecule has 0 heterocycles. The van der Waals surface area contributed by atoms with Crippen molar-refractivity contribution in [3.8, 4) is 0 Å². The minimum Gasteiger partial charge on any atom is -0.469 e. The van der Waals surface area contributed by atoms with E-state index >= 15 is 0 Å². The van der Waals surface area contributed by atoms with Crippen molar-refractivity contribution in [2.75, 3.05) is 7.11 Å². The summed E-state index contributed by atoms with van der Waals surface area (Å²) in [6.07, 6.45) is 3.63. The maximum absolute atomic E-state index is 11.2. The molecule has 0 spiro atoms. The van der Waals surface area contributed by atoms with Crippen molar-refractivity contribution in [1.29, 1.82) is 0 Å². The smallest absolute Gasteiger partial charge is 0.307 e. The zero-order valence-electron chi connectivity index (χ0n) is 9.38. The van der Waals surface area contributed by atoms with Crippen molar-refractivity contribution in [2.24, 2.45) is 17.6 Å². The van der Waals surface area contributed by atoms with Crippen molar-refractivity contribution in [3.05, 3.63) is 0 Å². The van der Waals surface area contributed by atoms with Crippen molar-refractivity contribution < 1.29 is 9.53 Å². The van der Waals surface area contributed by atoms with E-state index < -0.39 is 0 Å². The number of rotatable bonds is 2. The molecule has 1 aliphatic carbocycles. The Labute approximate surface area is 86.0 Å². The van der Waals surface area contributed by atoms with E-state index in [0.29, 0.717) is 18.3 Å². The number of hydrogen-bond acceptors (Lipinski definition) is 3. The Kier molecular flexibility index (Phi) is 3.53. The van der Waals surface area contributed by atoms with Gasteiger partial charge in [-0.25, -0.2) is 0 Å². The van der Waals surface area contributed by atoms with Crippen LogP contribution in [0.25, 0.3) is 0 Å². The van der Waals surface area contributed by atoms with Gasteiger partial charge in [0.1, 0.15) is 0 Å². The van der Waals surface area contributed by atoms with Crippen molar-refractivity contribution in [2.45, 2.75) is 45.1 Å². The van der Waals surface area contributed by atoms with Crippen LogP contribution in [0.2, 0.25) is 0 Å². The van der Waals surface area contributed by atoms with Gasteiger partial charge in [-0.1, -0.05) is 20.3 Å². The SMILES string of the molecule is COC(=O)CC1(N)CC(C)CCC1C. The van der Waals surface area contributed by atoms with Gasteiger partial charge in [-0.15, -0.1) is 0 Å². The Morgan fingerprint density at radius 3 is 2.71 bits per heavy atom. The highest BCUT2D eigenvalue weighted by molar-refractivity contribution is 5.70. The Morgan fingerprint density at radius 2 is 2.14 bits per heavy atom. The van der Waals surface area contributed by atoms with Gasteiger partial charge in [-0.3, -0.25) is 4.79 Å². The van der Waals surface area contributed by atoms with E-state index in [4.69, 9.17) is 5.73 Å². The molecule has 0 aromatic rings. The predicted molar refractivity (Wildman–Crippen MR) is 55.7 cm³/mol. The van der Waals surface area contributed by atoms with Crippen molar-refractivity contribution in [3.63, 3.8) is 0 Å². The van der Waals surface area contributed by atoms with E-state index in [1.165, 1.54) is 13.5 Å². The van der Waals surface area contributed by atoms with Crippen LogP contribution >= 0.6 is 0 Å². The summed E-state index contributed by atoms with van der Waals surface area (Å²) < 4.78 is 4.68. The first kappa shape index (κ1) is 11.5. The molecule has 1 saturated carbocycles. The van der Waals surface area contributed by atoms with Gasteiger partial charge < -0.3 is 10.5 Å². The van der Waals surface area contributed by atoms with Crippen LogP contribution in [0.5, 0.6) is 0 Å². The van der Waals surface area contributed by atoms with E-state index in [1.54, 1.807) is 0 Å². The first-order valence-electron chi connectivity index (χ1n) is 5.33. The molecule has 0 aromatic carbocycles. The maximum Gasteiger partial charge on any atom is 0.307 e. The Bertz CT molecular complexity index is 217. The Morgan fingerprint density at radius 1 is 1.50 bits per heavy atom. The molecule has 0 aromatic heterocycles. The van der Waals surface area contributed by atoms with Crippen LogP contribution in [0.15, 0.2) is 0 Å². The molecule has 0 aliphatic heterocycles. The minimum atomic E-state index is -0.342. The lowest BCUT2D eigenvalue weighted by Gasteiger charge is -2.41. The minimum absolute atomic E-state index is 0.187. The number of hydrogen-bond donors (Lipinski definition) is 1. The summed E-state index contributed by atoms with van der Waals surface area (Å²) in [5.74, 6) is 0.854. The first-order chi connectivity index (χ1) is 6.48. The summed E-state index contributed by atoms with van der Waals surface area (Å²) in [4.78, 5) is 11.2. The maximum atomic E-state index is 11.2. The summed E-state index contributed by atoms with van der Waals surface area (Å²) in [7, 11) is 1.42. The highest BCUT2D eigenvalue weighted by Crippen LogP contribution is 2.37. The van der Waals surface area contributed by atoms with Crippen LogP contribution in [-0.2, 0) is 9.53 Å². The van der Waals surface area contributed by atoms with Crippen LogP contribution in [0.1, 0.15) is 39.5 Å². The summed E-state index contributed by atoms with van der Waals surface area (Å²) in [5, 5.41) is 0. The summed E-state index contributed by atoms with van der Waals surface area (Å²) in [6.45, 7) is 4.33. The van der Waals surface area contributed by atoms with Crippen molar-refractivity contribution >= 4 is 5.97 Å². The molecular weight excluding hydrogens is 178 g/mol. The van der Waals surface area contributed by atoms with E-state index in [-0.39, 0.29) is 11.5 Å². The molecular formula is C11H21NO2. The zero-order chi connectivity index (χ0) is 10.8. The van der Waals surface area contributed by atoms with E-state index in [2.05, 4.69) is 18.6 Å².